The van der Waals surface area contributed by atoms with Crippen molar-refractivity contribution in [2.45, 2.75) is 76.9 Å². The Morgan fingerprint density at radius 2 is 2.00 bits per heavy atom. The van der Waals surface area contributed by atoms with Gasteiger partial charge in [-0.15, -0.1) is 5.10 Å². The van der Waals surface area contributed by atoms with Crippen LogP contribution < -0.4 is 4.74 Å². The number of hydrogen-bond donors (Lipinski definition) is 0. The van der Waals surface area contributed by atoms with Gasteiger partial charge < -0.3 is 19.1 Å². The minimum atomic E-state index is -0.372. The predicted octanol–water partition coefficient (Wildman–Crippen LogP) is 4.23. The quantitative estimate of drug-likeness (QED) is 0.353. The predicted molar refractivity (Wildman–Crippen MR) is 132 cm³/mol. The molecule has 0 radical (unpaired) electrons. The van der Waals surface area contributed by atoms with Crippen LogP contribution in [0.5, 0.6) is 5.75 Å². The van der Waals surface area contributed by atoms with Gasteiger partial charge in [0.05, 0.1) is 49.4 Å². The van der Waals surface area contributed by atoms with Crippen molar-refractivity contribution >= 4 is 12.1 Å². The van der Waals surface area contributed by atoms with Gasteiger partial charge in [-0.3, -0.25) is 4.79 Å². The third kappa shape index (κ3) is 6.14. The van der Waals surface area contributed by atoms with E-state index in [0.29, 0.717) is 36.9 Å². The molecular weight excluding hydrogens is 462 g/mol. The lowest BCUT2D eigenvalue weighted by molar-refractivity contribution is -0.147. The Bertz CT molecular complexity index is 1070. The molecule has 0 bridgehead atoms. The van der Waals surface area contributed by atoms with Crippen LogP contribution in [0.3, 0.4) is 0 Å². The van der Waals surface area contributed by atoms with Gasteiger partial charge in [-0.1, -0.05) is 18.6 Å². The van der Waals surface area contributed by atoms with Crippen LogP contribution >= 0.6 is 0 Å². The monoisotopic (exact) mass is 499 g/mol. The van der Waals surface area contributed by atoms with Gasteiger partial charge >= 0.3 is 12.1 Å². The van der Waals surface area contributed by atoms with Crippen molar-refractivity contribution in [1.29, 1.82) is 0 Å². The first kappa shape index (κ1) is 25.9. The molecule has 2 aliphatic carbocycles. The highest BCUT2D eigenvalue weighted by molar-refractivity contribution is 5.72. The van der Waals surface area contributed by atoms with Crippen LogP contribution in [0.15, 0.2) is 12.1 Å². The molecule has 2 heterocycles. The number of pyridine rings is 1. The molecule has 1 amide bonds. The summed E-state index contributed by atoms with van der Waals surface area (Å²) in [5.41, 5.74) is 3.05. The van der Waals surface area contributed by atoms with E-state index in [2.05, 4.69) is 17.2 Å². The molecule has 2 fully saturated rings. The second-order valence-corrected chi connectivity index (χ2v) is 9.81. The molecule has 2 aliphatic rings. The van der Waals surface area contributed by atoms with Crippen LogP contribution in [0.1, 0.15) is 75.6 Å². The topological polar surface area (TPSA) is 109 Å². The summed E-state index contributed by atoms with van der Waals surface area (Å²) in [6.07, 6.45) is 6.89. The number of unbranched alkanes of at least 4 members (excludes halogenated alkanes) is 1. The minimum absolute atomic E-state index is 0.0348. The highest BCUT2D eigenvalue weighted by Gasteiger charge is 2.33. The van der Waals surface area contributed by atoms with E-state index in [4.69, 9.17) is 19.2 Å². The Kier molecular flexibility index (Phi) is 8.43. The fraction of sp³-hybridized carbons (Fsp3) is 0.654. The van der Waals surface area contributed by atoms with Gasteiger partial charge in [-0.05, 0) is 57.1 Å². The molecule has 10 nitrogen and oxygen atoms in total. The Labute approximate surface area is 212 Å². The first-order chi connectivity index (χ1) is 17.4. The van der Waals surface area contributed by atoms with Crippen molar-refractivity contribution in [2.24, 2.45) is 13.0 Å². The van der Waals surface area contributed by atoms with E-state index in [0.717, 1.165) is 62.1 Å². The SMILES string of the molecule is CCCCOC(=O)N(C)Cc1c(-c2ccc(O[C@H]3CCC[C@H](C(=O)OC)C3)c(C3CC3)n2)nnn1C. The number of aryl methyl sites for hydroxylation is 1. The Morgan fingerprint density at radius 3 is 2.72 bits per heavy atom. The number of ether oxygens (including phenoxy) is 3. The van der Waals surface area contributed by atoms with Crippen molar-refractivity contribution in [3.63, 3.8) is 0 Å². The summed E-state index contributed by atoms with van der Waals surface area (Å²) in [4.78, 5) is 30.9. The smallest absolute Gasteiger partial charge is 0.409 e. The summed E-state index contributed by atoms with van der Waals surface area (Å²) in [5, 5.41) is 8.55. The van der Waals surface area contributed by atoms with Crippen LogP contribution in [0, 0.1) is 5.92 Å². The maximum Gasteiger partial charge on any atom is 0.409 e. The van der Waals surface area contributed by atoms with Gasteiger partial charge in [0.2, 0.25) is 0 Å². The number of rotatable bonds is 10. The molecule has 0 aliphatic heterocycles. The van der Waals surface area contributed by atoms with Gasteiger partial charge in [0.25, 0.3) is 0 Å². The molecule has 2 aromatic rings. The van der Waals surface area contributed by atoms with E-state index < -0.39 is 0 Å². The van der Waals surface area contributed by atoms with E-state index in [1.165, 1.54) is 12.0 Å². The number of esters is 1. The molecular formula is C26H37N5O5. The largest absolute Gasteiger partial charge is 0.488 e. The molecule has 36 heavy (non-hydrogen) atoms. The lowest BCUT2D eigenvalue weighted by Crippen LogP contribution is -2.30. The Hall–Kier alpha value is -3.17. The second-order valence-electron chi connectivity index (χ2n) is 9.81. The van der Waals surface area contributed by atoms with Crippen LogP contribution in [0.25, 0.3) is 11.4 Å². The number of nitrogens with zero attached hydrogens (tertiary/aromatic N) is 5. The summed E-state index contributed by atoms with van der Waals surface area (Å²) in [5.74, 6) is 0.863. The van der Waals surface area contributed by atoms with E-state index in [1.54, 1.807) is 11.7 Å². The number of methoxy groups -OCH3 is 1. The van der Waals surface area contributed by atoms with Crippen molar-refractivity contribution in [1.82, 2.24) is 24.9 Å². The van der Waals surface area contributed by atoms with Crippen LogP contribution in [-0.4, -0.2) is 63.8 Å². The maximum atomic E-state index is 12.4. The van der Waals surface area contributed by atoms with E-state index in [9.17, 15) is 9.59 Å². The van der Waals surface area contributed by atoms with Crippen molar-refractivity contribution in [2.75, 3.05) is 20.8 Å². The van der Waals surface area contributed by atoms with Crippen molar-refractivity contribution in [3.8, 4) is 17.1 Å². The molecule has 0 N–H and O–H groups in total. The highest BCUT2D eigenvalue weighted by atomic mass is 16.6. The molecule has 196 valence electrons. The maximum absolute atomic E-state index is 12.4. The lowest BCUT2D eigenvalue weighted by atomic mass is 9.87. The summed E-state index contributed by atoms with van der Waals surface area (Å²) in [6.45, 7) is 2.77. The van der Waals surface area contributed by atoms with Gasteiger partial charge in [0.15, 0.2) is 0 Å². The average Bonchev–Trinajstić information content (AvgIpc) is 3.67. The molecule has 2 aromatic heterocycles. The fourth-order valence-corrected chi connectivity index (χ4v) is 4.61. The number of carbonyl (C=O) groups is 2. The zero-order chi connectivity index (χ0) is 25.7. The zero-order valence-electron chi connectivity index (χ0n) is 21.7. The second kappa shape index (κ2) is 11.7. The normalized spacial score (nSPS) is 19.6. The van der Waals surface area contributed by atoms with Crippen LogP contribution in [-0.2, 0) is 27.9 Å². The average molecular weight is 500 g/mol. The lowest BCUT2D eigenvalue weighted by Gasteiger charge is -2.28. The zero-order valence-corrected chi connectivity index (χ0v) is 21.7. The van der Waals surface area contributed by atoms with Gasteiger partial charge in [0, 0.05) is 20.0 Å². The Morgan fingerprint density at radius 1 is 1.19 bits per heavy atom. The molecule has 0 spiro atoms. The summed E-state index contributed by atoms with van der Waals surface area (Å²) in [7, 11) is 4.95. The highest BCUT2D eigenvalue weighted by Crippen LogP contribution is 2.45. The number of amides is 1. The van der Waals surface area contributed by atoms with E-state index >= 15 is 0 Å². The van der Waals surface area contributed by atoms with Crippen molar-refractivity contribution < 1.29 is 23.8 Å². The van der Waals surface area contributed by atoms with E-state index in [1.807, 2.05) is 19.2 Å². The van der Waals surface area contributed by atoms with E-state index in [-0.39, 0.29) is 24.1 Å². The molecule has 10 heteroatoms. The van der Waals surface area contributed by atoms with Crippen molar-refractivity contribution in [3.05, 3.63) is 23.5 Å². The van der Waals surface area contributed by atoms with Crippen LogP contribution in [0.4, 0.5) is 4.79 Å². The van der Waals surface area contributed by atoms with Gasteiger partial charge in [0.1, 0.15) is 11.4 Å². The third-order valence-electron chi connectivity index (χ3n) is 6.91. The fourth-order valence-electron chi connectivity index (χ4n) is 4.61. The van der Waals surface area contributed by atoms with Gasteiger partial charge in [-0.2, -0.15) is 0 Å². The standard InChI is InChI=1S/C26H37N5O5/c1-5-6-14-35-26(33)30(2)16-21-24(28-29-31(21)3)20-12-13-22(23(27-20)17-10-11-17)36-19-9-7-8-18(15-19)25(32)34-4/h12-13,17-19H,5-11,14-16H2,1-4H3/t18-,19-/m0/s1. The molecule has 0 aromatic carbocycles. The summed E-state index contributed by atoms with van der Waals surface area (Å²) in [6, 6.07) is 3.86. The first-order valence-corrected chi connectivity index (χ1v) is 12.9. The number of hydrogen-bond acceptors (Lipinski definition) is 8. The first-order valence-electron chi connectivity index (χ1n) is 12.9. The van der Waals surface area contributed by atoms with Crippen LogP contribution in [0.2, 0.25) is 0 Å². The number of carbonyl (C=O) groups excluding carboxylic acids is 2. The molecule has 0 saturated heterocycles. The minimum Gasteiger partial charge on any atom is -0.488 e. The third-order valence-corrected chi connectivity index (χ3v) is 6.91. The summed E-state index contributed by atoms with van der Waals surface area (Å²) < 4.78 is 18.4. The molecule has 4 rings (SSSR count). The van der Waals surface area contributed by atoms with Gasteiger partial charge in [-0.25, -0.2) is 14.5 Å². The molecule has 2 atom stereocenters. The summed E-state index contributed by atoms with van der Waals surface area (Å²) >= 11 is 0. The Balaban J connectivity index is 1.51. The molecule has 0 unspecified atom stereocenters. The number of aromatic nitrogens is 4. The molecule has 2 saturated carbocycles.